The quantitative estimate of drug-likeness (QED) is 0.633. The summed E-state index contributed by atoms with van der Waals surface area (Å²) in [4.78, 5) is 14.5. The standard InChI is InChI=1S/C19H25N3O4S.ClH/c1-21-27(24,25)18-14-16(8-9-17(18)26-2)19(23)22(13-11-20)12-10-15-6-4-3-5-7-15;/h3-9,14,21H,10-13,20H2,1-2H3;1H. The molecule has 0 bridgehead atoms. The predicted octanol–water partition coefficient (Wildman–Crippen LogP) is 1.67. The minimum atomic E-state index is -3.76. The zero-order valence-electron chi connectivity index (χ0n) is 15.9. The summed E-state index contributed by atoms with van der Waals surface area (Å²) in [5.41, 5.74) is 7.04. The lowest BCUT2D eigenvalue weighted by Gasteiger charge is -2.23. The van der Waals surface area contributed by atoms with E-state index >= 15 is 0 Å². The first kappa shape index (κ1) is 23.9. The molecule has 2 rings (SSSR count). The molecule has 0 unspecified atom stereocenters. The van der Waals surface area contributed by atoms with E-state index in [2.05, 4.69) is 4.72 Å². The van der Waals surface area contributed by atoms with Gasteiger partial charge in [0.25, 0.3) is 5.91 Å². The fourth-order valence-electron chi connectivity index (χ4n) is 2.69. The van der Waals surface area contributed by atoms with E-state index in [-0.39, 0.29) is 34.5 Å². The van der Waals surface area contributed by atoms with Crippen molar-refractivity contribution < 1.29 is 17.9 Å². The maximum atomic E-state index is 12.9. The minimum absolute atomic E-state index is 0. The average Bonchev–Trinajstić information content (AvgIpc) is 2.70. The van der Waals surface area contributed by atoms with Crippen LogP contribution in [0.25, 0.3) is 0 Å². The number of sulfonamides is 1. The summed E-state index contributed by atoms with van der Waals surface area (Å²) in [6.45, 7) is 1.18. The molecule has 0 aliphatic heterocycles. The van der Waals surface area contributed by atoms with Crippen LogP contribution in [0.4, 0.5) is 0 Å². The molecule has 154 valence electrons. The third-order valence-electron chi connectivity index (χ3n) is 4.17. The van der Waals surface area contributed by atoms with Gasteiger partial charge in [-0.25, -0.2) is 13.1 Å². The van der Waals surface area contributed by atoms with Gasteiger partial charge in [-0.1, -0.05) is 30.3 Å². The number of amides is 1. The third kappa shape index (κ3) is 5.93. The number of carbonyl (C=O) groups excluding carboxylic acids is 1. The van der Waals surface area contributed by atoms with Crippen molar-refractivity contribution in [2.75, 3.05) is 33.8 Å². The van der Waals surface area contributed by atoms with E-state index in [0.29, 0.717) is 26.1 Å². The molecule has 7 nitrogen and oxygen atoms in total. The smallest absolute Gasteiger partial charge is 0.253 e. The van der Waals surface area contributed by atoms with Gasteiger partial charge in [-0.3, -0.25) is 4.79 Å². The molecule has 3 N–H and O–H groups in total. The third-order valence-corrected chi connectivity index (χ3v) is 5.60. The maximum Gasteiger partial charge on any atom is 0.253 e. The summed E-state index contributed by atoms with van der Waals surface area (Å²) in [5, 5.41) is 0. The minimum Gasteiger partial charge on any atom is -0.495 e. The molecule has 1 amide bonds. The lowest BCUT2D eigenvalue weighted by molar-refractivity contribution is 0.0762. The summed E-state index contributed by atoms with van der Waals surface area (Å²) in [6, 6.07) is 14.2. The van der Waals surface area contributed by atoms with Crippen molar-refractivity contribution in [1.82, 2.24) is 9.62 Å². The van der Waals surface area contributed by atoms with Gasteiger partial charge in [0.15, 0.2) is 0 Å². The summed E-state index contributed by atoms with van der Waals surface area (Å²) in [6.07, 6.45) is 0.685. The van der Waals surface area contributed by atoms with E-state index in [9.17, 15) is 13.2 Å². The van der Waals surface area contributed by atoms with Crippen LogP contribution in [0.3, 0.4) is 0 Å². The Morgan fingerprint density at radius 3 is 2.39 bits per heavy atom. The van der Waals surface area contributed by atoms with Crippen molar-refractivity contribution in [3.8, 4) is 5.75 Å². The van der Waals surface area contributed by atoms with Crippen LogP contribution >= 0.6 is 12.4 Å². The van der Waals surface area contributed by atoms with Crippen LogP contribution in [-0.2, 0) is 16.4 Å². The first-order valence-electron chi connectivity index (χ1n) is 8.57. The Morgan fingerprint density at radius 1 is 1.14 bits per heavy atom. The number of nitrogens with zero attached hydrogens (tertiary/aromatic N) is 1. The largest absolute Gasteiger partial charge is 0.495 e. The van der Waals surface area contributed by atoms with Crippen LogP contribution in [0.15, 0.2) is 53.4 Å². The van der Waals surface area contributed by atoms with Crippen LogP contribution in [0.1, 0.15) is 15.9 Å². The molecule has 0 saturated heterocycles. The number of nitrogens with two attached hydrogens (primary N) is 1. The second-order valence-electron chi connectivity index (χ2n) is 5.89. The van der Waals surface area contributed by atoms with Gasteiger partial charge in [0, 0.05) is 25.2 Å². The monoisotopic (exact) mass is 427 g/mol. The van der Waals surface area contributed by atoms with Gasteiger partial charge < -0.3 is 15.4 Å². The maximum absolute atomic E-state index is 12.9. The molecule has 0 spiro atoms. The number of hydrogen-bond acceptors (Lipinski definition) is 5. The topological polar surface area (TPSA) is 102 Å². The summed E-state index contributed by atoms with van der Waals surface area (Å²) in [5.74, 6) is -0.0952. The zero-order chi connectivity index (χ0) is 19.9. The summed E-state index contributed by atoms with van der Waals surface area (Å²) < 4.78 is 31.8. The molecule has 0 aliphatic carbocycles. The normalized spacial score (nSPS) is 10.8. The second-order valence-corrected chi connectivity index (χ2v) is 7.74. The van der Waals surface area contributed by atoms with E-state index in [1.54, 1.807) is 11.0 Å². The van der Waals surface area contributed by atoms with Gasteiger partial charge in [-0.15, -0.1) is 12.4 Å². The van der Waals surface area contributed by atoms with Gasteiger partial charge in [0.2, 0.25) is 10.0 Å². The molecule has 0 saturated carbocycles. The molecule has 2 aromatic rings. The van der Waals surface area contributed by atoms with E-state index < -0.39 is 10.0 Å². The van der Waals surface area contributed by atoms with Crippen LogP contribution in [0, 0.1) is 0 Å². The zero-order valence-corrected chi connectivity index (χ0v) is 17.6. The molecule has 0 fully saturated rings. The number of halogens is 1. The number of benzene rings is 2. The van der Waals surface area contributed by atoms with Crippen molar-refractivity contribution in [2.45, 2.75) is 11.3 Å². The Balaban J connectivity index is 0.00000392. The fourth-order valence-corrected chi connectivity index (χ4v) is 3.61. The average molecular weight is 428 g/mol. The molecule has 0 aromatic heterocycles. The van der Waals surface area contributed by atoms with Crippen molar-refractivity contribution in [2.24, 2.45) is 5.73 Å². The first-order chi connectivity index (χ1) is 12.9. The molecule has 0 aliphatic rings. The summed E-state index contributed by atoms with van der Waals surface area (Å²) >= 11 is 0. The van der Waals surface area contributed by atoms with Gasteiger partial charge in [0.05, 0.1) is 7.11 Å². The molecule has 0 heterocycles. The van der Waals surface area contributed by atoms with Crippen molar-refractivity contribution >= 4 is 28.3 Å². The van der Waals surface area contributed by atoms with E-state index in [1.807, 2.05) is 30.3 Å². The van der Waals surface area contributed by atoms with Gasteiger partial charge in [0.1, 0.15) is 10.6 Å². The number of methoxy groups -OCH3 is 1. The van der Waals surface area contributed by atoms with Crippen LogP contribution < -0.4 is 15.2 Å². The Morgan fingerprint density at radius 2 is 1.82 bits per heavy atom. The van der Waals surface area contributed by atoms with Crippen molar-refractivity contribution in [3.63, 3.8) is 0 Å². The van der Waals surface area contributed by atoms with E-state index in [1.165, 1.54) is 26.3 Å². The lowest BCUT2D eigenvalue weighted by atomic mass is 10.1. The van der Waals surface area contributed by atoms with Gasteiger partial charge in [-0.05, 0) is 37.2 Å². The molecule has 28 heavy (non-hydrogen) atoms. The fraction of sp³-hybridized carbons (Fsp3) is 0.316. The lowest BCUT2D eigenvalue weighted by Crippen LogP contribution is -2.37. The number of carbonyl (C=O) groups is 1. The van der Waals surface area contributed by atoms with Crippen molar-refractivity contribution in [1.29, 1.82) is 0 Å². The van der Waals surface area contributed by atoms with Crippen LogP contribution in [-0.4, -0.2) is 53.0 Å². The number of rotatable bonds is 9. The van der Waals surface area contributed by atoms with E-state index in [4.69, 9.17) is 10.5 Å². The van der Waals surface area contributed by atoms with Gasteiger partial charge in [-0.2, -0.15) is 0 Å². The molecular weight excluding hydrogens is 402 g/mol. The Bertz CT molecular complexity index is 876. The Kier molecular flexibility index (Phi) is 9.40. The summed E-state index contributed by atoms with van der Waals surface area (Å²) in [7, 11) is -1.07. The number of ether oxygens (including phenoxy) is 1. The molecule has 2 aromatic carbocycles. The molecule has 0 radical (unpaired) electrons. The highest BCUT2D eigenvalue weighted by atomic mass is 35.5. The highest BCUT2D eigenvalue weighted by Gasteiger charge is 2.22. The Hall–Kier alpha value is -2.13. The van der Waals surface area contributed by atoms with E-state index in [0.717, 1.165) is 5.56 Å². The SMILES string of the molecule is CNS(=O)(=O)c1cc(C(=O)N(CCN)CCc2ccccc2)ccc1OC.Cl. The second kappa shape index (κ2) is 11.0. The predicted molar refractivity (Wildman–Crippen MR) is 112 cm³/mol. The number of nitrogens with one attached hydrogen (secondary N) is 1. The van der Waals surface area contributed by atoms with Crippen LogP contribution in [0.2, 0.25) is 0 Å². The first-order valence-corrected chi connectivity index (χ1v) is 10.1. The number of hydrogen-bond donors (Lipinski definition) is 2. The van der Waals surface area contributed by atoms with Gasteiger partial charge >= 0.3 is 0 Å². The highest BCUT2D eigenvalue weighted by Crippen LogP contribution is 2.25. The van der Waals surface area contributed by atoms with Crippen LogP contribution in [0.5, 0.6) is 5.75 Å². The van der Waals surface area contributed by atoms with Crippen molar-refractivity contribution in [3.05, 3.63) is 59.7 Å². The Labute approximate surface area is 172 Å². The molecular formula is C19H26ClN3O4S. The highest BCUT2D eigenvalue weighted by molar-refractivity contribution is 7.89. The molecule has 0 atom stereocenters. The molecule has 9 heteroatoms.